The fraction of sp³-hybridized carbons (Fsp3) is 0.600. The van der Waals surface area contributed by atoms with Crippen LogP contribution in [0.5, 0.6) is 0 Å². The van der Waals surface area contributed by atoms with Crippen molar-refractivity contribution in [1.29, 1.82) is 0 Å². The Hall–Kier alpha value is -1.44. The molecule has 1 heterocycles. The Kier molecular flexibility index (Phi) is 4.08. The largest absolute Gasteiger partial charge is 0.392 e. The number of rotatable bonds is 5. The maximum absolute atomic E-state index is 11.5. The maximum atomic E-state index is 11.5. The summed E-state index contributed by atoms with van der Waals surface area (Å²) in [6.07, 6.45) is -1.61. The van der Waals surface area contributed by atoms with Gasteiger partial charge in [0, 0.05) is 13.6 Å². The number of ether oxygens (including phenoxy) is 1. The summed E-state index contributed by atoms with van der Waals surface area (Å²) in [4.78, 5) is 24.4. The van der Waals surface area contributed by atoms with Gasteiger partial charge in [0.15, 0.2) is 6.23 Å². The van der Waals surface area contributed by atoms with Crippen LogP contribution in [0.1, 0.15) is 21.4 Å². The van der Waals surface area contributed by atoms with Crippen LogP contribution in [0, 0.1) is 0 Å². The Morgan fingerprint density at radius 2 is 2.35 bits per heavy atom. The molecule has 0 saturated carbocycles. The van der Waals surface area contributed by atoms with E-state index in [-0.39, 0.29) is 6.90 Å². The van der Waals surface area contributed by atoms with Gasteiger partial charge in [-0.1, -0.05) is 0 Å². The van der Waals surface area contributed by atoms with Gasteiger partial charge in [0.2, 0.25) is 0 Å². The van der Waals surface area contributed by atoms with E-state index in [0.717, 1.165) is 10.6 Å². The van der Waals surface area contributed by atoms with Crippen molar-refractivity contribution in [3.63, 3.8) is 0 Å². The van der Waals surface area contributed by atoms with E-state index in [1.165, 1.54) is 13.1 Å². The molecule has 7 heteroatoms. The van der Waals surface area contributed by atoms with Crippen LogP contribution in [0.25, 0.3) is 0 Å². The molecule has 0 bridgehead atoms. The topological polar surface area (TPSA) is 105 Å². The second kappa shape index (κ2) is 5.76. The summed E-state index contributed by atoms with van der Waals surface area (Å²) in [5.41, 5.74) is -1.28. The third-order valence-corrected chi connectivity index (χ3v) is 2.19. The number of hydrogen-bond donors (Lipinski definition) is 3. The third kappa shape index (κ3) is 3.52. The number of nitrogens with one attached hydrogen (secondary N) is 1. The summed E-state index contributed by atoms with van der Waals surface area (Å²) in [5.74, 6) is 0. The van der Waals surface area contributed by atoms with Crippen LogP contribution in [0.15, 0.2) is 21.9 Å². The van der Waals surface area contributed by atoms with Crippen molar-refractivity contribution in [2.45, 2.75) is 32.3 Å². The molecule has 0 aromatic carbocycles. The Balaban J connectivity index is 2.96. The number of aromatic nitrogens is 2. The van der Waals surface area contributed by atoms with Gasteiger partial charge < -0.3 is 14.9 Å². The molecule has 1 aromatic rings. The van der Waals surface area contributed by atoms with Crippen molar-refractivity contribution in [1.82, 2.24) is 9.55 Å². The summed E-state index contributed by atoms with van der Waals surface area (Å²) in [6.45, 7) is 0.713. The van der Waals surface area contributed by atoms with Gasteiger partial charge in [-0.2, -0.15) is 0 Å². The van der Waals surface area contributed by atoms with E-state index in [1.807, 2.05) is 4.98 Å². The maximum Gasteiger partial charge on any atom is 0.330 e. The molecule has 0 fully saturated rings. The molecule has 0 saturated heterocycles. The SMILES string of the molecule is [3H]CC(OC(CO)n1ccc(=O)[nH]c1=O)[C@H](C)O. The average Bonchev–Trinajstić information content (AvgIpc) is 2.31. The van der Waals surface area contributed by atoms with E-state index >= 15 is 0 Å². The van der Waals surface area contributed by atoms with Crippen LogP contribution in [0.4, 0.5) is 0 Å². The highest BCUT2D eigenvalue weighted by atomic mass is 16.5. The standard InChI is InChI=1S/C10H16N2O5/c1-6(14)7(2)17-9(5-13)12-4-3-8(15)11-10(12)16/h3-4,6-7,9,13-14H,5H2,1-2H3,(H,11,15,16)/t6-,7?,9?/m0/s1/i2T. The van der Waals surface area contributed by atoms with Gasteiger partial charge in [0.1, 0.15) is 0 Å². The van der Waals surface area contributed by atoms with Crippen LogP contribution in [-0.4, -0.2) is 38.6 Å². The molecule has 7 nitrogen and oxygen atoms in total. The van der Waals surface area contributed by atoms with Crippen molar-refractivity contribution in [2.75, 3.05) is 6.61 Å². The van der Waals surface area contributed by atoms with Crippen LogP contribution >= 0.6 is 0 Å². The van der Waals surface area contributed by atoms with Gasteiger partial charge in [0.25, 0.3) is 5.56 Å². The summed E-state index contributed by atoms with van der Waals surface area (Å²) in [6, 6.07) is 1.12. The first-order valence-electron chi connectivity index (χ1n) is 5.75. The van der Waals surface area contributed by atoms with Crippen molar-refractivity contribution < 1.29 is 16.3 Å². The molecular weight excluding hydrogens is 228 g/mol. The molecule has 1 rings (SSSR count). The second-order valence-electron chi connectivity index (χ2n) is 3.57. The zero-order chi connectivity index (χ0) is 13.7. The smallest absolute Gasteiger partial charge is 0.330 e. The number of H-pyrrole nitrogens is 1. The van der Waals surface area contributed by atoms with E-state index in [2.05, 4.69) is 0 Å². The summed E-state index contributed by atoms with van der Waals surface area (Å²) in [5, 5.41) is 18.5. The lowest BCUT2D eigenvalue weighted by atomic mass is 10.2. The summed E-state index contributed by atoms with van der Waals surface area (Å²) in [7, 11) is 0. The molecule has 0 aliphatic heterocycles. The molecule has 0 radical (unpaired) electrons. The van der Waals surface area contributed by atoms with Gasteiger partial charge in [-0.3, -0.25) is 14.3 Å². The van der Waals surface area contributed by atoms with E-state index in [4.69, 9.17) is 6.11 Å². The number of hydrogen-bond acceptors (Lipinski definition) is 5. The van der Waals surface area contributed by atoms with Crippen molar-refractivity contribution in [3.8, 4) is 0 Å². The highest BCUT2D eigenvalue weighted by Gasteiger charge is 2.18. The summed E-state index contributed by atoms with van der Waals surface area (Å²) >= 11 is 0. The molecule has 0 aliphatic carbocycles. The normalized spacial score (nSPS) is 17.2. The minimum atomic E-state index is -1.06. The van der Waals surface area contributed by atoms with E-state index in [1.54, 1.807) is 0 Å². The number of aromatic amines is 1. The predicted molar refractivity (Wildman–Crippen MR) is 59.7 cm³/mol. The molecule has 0 amide bonds. The zero-order valence-corrected chi connectivity index (χ0v) is 9.37. The second-order valence-corrected chi connectivity index (χ2v) is 3.57. The van der Waals surface area contributed by atoms with E-state index < -0.39 is 36.3 Å². The van der Waals surface area contributed by atoms with Gasteiger partial charge in [-0.05, 0) is 13.8 Å². The molecule has 96 valence electrons. The minimum absolute atomic E-state index is 0.216. The first kappa shape index (κ1) is 12.0. The first-order valence-corrected chi connectivity index (χ1v) is 5.04. The van der Waals surface area contributed by atoms with Gasteiger partial charge in [-0.15, -0.1) is 0 Å². The quantitative estimate of drug-likeness (QED) is 0.606. The van der Waals surface area contributed by atoms with E-state index in [9.17, 15) is 19.8 Å². The first-order chi connectivity index (χ1) is 8.49. The van der Waals surface area contributed by atoms with Crippen molar-refractivity contribution in [2.24, 2.45) is 0 Å². The lowest BCUT2D eigenvalue weighted by Crippen LogP contribution is -2.37. The average molecular weight is 246 g/mol. The van der Waals surface area contributed by atoms with Crippen LogP contribution in [0.3, 0.4) is 0 Å². The minimum Gasteiger partial charge on any atom is -0.392 e. The molecule has 1 aromatic heterocycles. The van der Waals surface area contributed by atoms with Gasteiger partial charge in [0.05, 0.1) is 18.8 Å². The van der Waals surface area contributed by atoms with Crippen LogP contribution in [-0.2, 0) is 4.74 Å². The number of aliphatic hydroxyl groups excluding tert-OH is 2. The fourth-order valence-corrected chi connectivity index (χ4v) is 1.17. The monoisotopic (exact) mass is 246 g/mol. The van der Waals surface area contributed by atoms with Gasteiger partial charge in [-0.25, -0.2) is 4.79 Å². The van der Waals surface area contributed by atoms with Crippen LogP contribution in [0.2, 0.25) is 0 Å². The third-order valence-electron chi connectivity index (χ3n) is 2.19. The Morgan fingerprint density at radius 1 is 1.65 bits per heavy atom. The molecule has 3 N–H and O–H groups in total. The molecule has 2 unspecified atom stereocenters. The van der Waals surface area contributed by atoms with Crippen molar-refractivity contribution in [3.05, 3.63) is 33.1 Å². The lowest BCUT2D eigenvalue weighted by molar-refractivity contribution is -0.112. The molecule has 0 spiro atoms. The Morgan fingerprint density at radius 3 is 2.82 bits per heavy atom. The zero-order valence-electron chi connectivity index (χ0n) is 10.4. The molecule has 0 aliphatic rings. The van der Waals surface area contributed by atoms with Gasteiger partial charge >= 0.3 is 5.69 Å². The number of nitrogens with zero attached hydrogens (tertiary/aromatic N) is 1. The van der Waals surface area contributed by atoms with Crippen molar-refractivity contribution >= 4 is 0 Å². The Bertz CT molecular complexity index is 484. The van der Waals surface area contributed by atoms with E-state index in [0.29, 0.717) is 0 Å². The fourth-order valence-electron chi connectivity index (χ4n) is 1.17. The molecule has 17 heavy (non-hydrogen) atoms. The highest BCUT2D eigenvalue weighted by molar-refractivity contribution is 4.84. The lowest BCUT2D eigenvalue weighted by Gasteiger charge is -2.23. The predicted octanol–water partition coefficient (Wildman–Crippen LogP) is -1.19. The number of aliphatic hydroxyl groups is 2. The van der Waals surface area contributed by atoms with Crippen LogP contribution < -0.4 is 11.2 Å². The summed E-state index contributed by atoms with van der Waals surface area (Å²) < 4.78 is 13.5. The Labute approximate surface area is 98.7 Å². The highest BCUT2D eigenvalue weighted by Crippen LogP contribution is 2.10. The molecule has 3 atom stereocenters. The molecular formula is C10H16N2O5.